The molecule has 0 N–H and O–H groups in total. The highest BCUT2D eigenvalue weighted by molar-refractivity contribution is 6.30. The van der Waals surface area contributed by atoms with Crippen molar-refractivity contribution in [1.82, 2.24) is 19.8 Å². The summed E-state index contributed by atoms with van der Waals surface area (Å²) in [5, 5.41) is 0.308. The lowest BCUT2D eigenvalue weighted by atomic mass is 9.94. The van der Waals surface area contributed by atoms with Crippen LogP contribution in [0, 0.1) is 23.6 Å². The van der Waals surface area contributed by atoms with Crippen molar-refractivity contribution in [3.05, 3.63) is 28.9 Å². The molecule has 0 spiro atoms. The minimum Gasteiger partial charge on any atom is -0.444 e. The van der Waals surface area contributed by atoms with E-state index in [1.165, 1.54) is 0 Å². The third kappa shape index (κ3) is 5.02. The molecule has 4 saturated heterocycles. The van der Waals surface area contributed by atoms with Gasteiger partial charge < -0.3 is 14.5 Å². The van der Waals surface area contributed by atoms with E-state index in [4.69, 9.17) is 16.3 Å². The number of rotatable bonds is 1. The topological polar surface area (TPSA) is 61.8 Å². The van der Waals surface area contributed by atoms with E-state index < -0.39 is 23.1 Å². The molecule has 4 aliphatic heterocycles. The van der Waals surface area contributed by atoms with Crippen LogP contribution in [-0.2, 0) is 4.74 Å². The summed E-state index contributed by atoms with van der Waals surface area (Å²) in [4.78, 5) is 27.7. The minimum absolute atomic E-state index is 0.0267. The Morgan fingerprint density at radius 2 is 2.08 bits per heavy atom. The summed E-state index contributed by atoms with van der Waals surface area (Å²) >= 11 is 6.05. The predicted molar refractivity (Wildman–Crippen MR) is 146 cm³/mol. The number of anilines is 1. The molecule has 6 heterocycles. The van der Waals surface area contributed by atoms with Gasteiger partial charge in [0.2, 0.25) is 0 Å². The summed E-state index contributed by atoms with van der Waals surface area (Å²) in [7, 11) is 0. The number of aromatic nitrogens is 2. The van der Waals surface area contributed by atoms with Gasteiger partial charge in [0.15, 0.2) is 11.0 Å². The molecule has 7 nitrogen and oxygen atoms in total. The van der Waals surface area contributed by atoms with Crippen molar-refractivity contribution in [2.24, 2.45) is 5.92 Å². The quantitative estimate of drug-likeness (QED) is 0.355. The lowest BCUT2D eigenvalue weighted by Gasteiger charge is -2.34. The second-order valence-electron chi connectivity index (χ2n) is 12.4. The van der Waals surface area contributed by atoms with Gasteiger partial charge in [-0.3, -0.25) is 4.90 Å². The molecule has 39 heavy (non-hydrogen) atoms. The van der Waals surface area contributed by atoms with Crippen molar-refractivity contribution in [3.8, 4) is 11.8 Å². The van der Waals surface area contributed by atoms with Crippen LogP contribution in [-0.4, -0.2) is 81.9 Å². The molecule has 2 unspecified atom stereocenters. The van der Waals surface area contributed by atoms with Crippen molar-refractivity contribution in [2.45, 2.75) is 76.2 Å². The number of hydrogen-bond acceptors (Lipinski definition) is 6. The number of hydrogen-bond donors (Lipinski definition) is 0. The van der Waals surface area contributed by atoms with Gasteiger partial charge in [0.1, 0.15) is 23.0 Å². The number of carbonyl (C=O) groups excluding carboxylic acids is 1. The van der Waals surface area contributed by atoms with Crippen molar-refractivity contribution >= 4 is 34.3 Å². The number of amides is 1. The smallest absolute Gasteiger partial charge is 0.410 e. The Morgan fingerprint density at radius 1 is 1.26 bits per heavy atom. The van der Waals surface area contributed by atoms with Crippen LogP contribution in [0.3, 0.4) is 0 Å². The SMILES string of the molecule is CC(C)(C)OC(=O)N1CC2CCN(c3cc(C#C[C@@]45CCCN4C[C@H](F)C5)nc4c(F)c(Cl)ncc34)CC1C2. The molecule has 208 valence electrons. The van der Waals surface area contributed by atoms with Crippen LogP contribution in [0.2, 0.25) is 5.15 Å². The zero-order chi connectivity index (χ0) is 27.5. The Bertz CT molecular complexity index is 1370. The molecule has 0 aliphatic carbocycles. The normalized spacial score (nSPS) is 28.8. The Labute approximate surface area is 232 Å². The number of alkyl halides is 1. The second kappa shape index (κ2) is 9.74. The van der Waals surface area contributed by atoms with E-state index in [2.05, 4.69) is 31.6 Å². The van der Waals surface area contributed by atoms with E-state index in [0.29, 0.717) is 43.1 Å². The molecular formula is C29H34ClF2N5O2. The van der Waals surface area contributed by atoms with Gasteiger partial charge in [-0.1, -0.05) is 17.5 Å². The monoisotopic (exact) mass is 557 g/mol. The predicted octanol–water partition coefficient (Wildman–Crippen LogP) is 5.19. The maximum atomic E-state index is 15.2. The van der Waals surface area contributed by atoms with Crippen LogP contribution in [0.4, 0.5) is 19.3 Å². The van der Waals surface area contributed by atoms with Crippen molar-refractivity contribution in [1.29, 1.82) is 0 Å². The van der Waals surface area contributed by atoms with Gasteiger partial charge in [-0.05, 0) is 70.9 Å². The van der Waals surface area contributed by atoms with Gasteiger partial charge in [-0.25, -0.2) is 23.5 Å². The number of nitrogens with zero attached hydrogens (tertiary/aromatic N) is 5. The fraction of sp³-hybridized carbons (Fsp3) is 0.621. The van der Waals surface area contributed by atoms with Crippen molar-refractivity contribution in [2.75, 3.05) is 37.6 Å². The number of likely N-dealkylation sites (tertiary alicyclic amines) is 1. The highest BCUT2D eigenvalue weighted by Gasteiger charge is 2.47. The first-order valence-corrected chi connectivity index (χ1v) is 14.2. The lowest BCUT2D eigenvalue weighted by Crippen LogP contribution is -2.46. The van der Waals surface area contributed by atoms with Gasteiger partial charge in [0.05, 0.1) is 17.3 Å². The van der Waals surface area contributed by atoms with E-state index in [1.807, 2.05) is 31.7 Å². The summed E-state index contributed by atoms with van der Waals surface area (Å²) in [5.41, 5.74) is 0.239. The van der Waals surface area contributed by atoms with Crippen LogP contribution in [0.5, 0.6) is 0 Å². The summed E-state index contributed by atoms with van der Waals surface area (Å²) < 4.78 is 35.2. The van der Waals surface area contributed by atoms with Gasteiger partial charge in [0.25, 0.3) is 0 Å². The molecule has 2 bridgehead atoms. The third-order valence-corrected chi connectivity index (χ3v) is 8.73. The highest BCUT2D eigenvalue weighted by atomic mass is 35.5. The van der Waals surface area contributed by atoms with Crippen LogP contribution in [0.25, 0.3) is 10.9 Å². The van der Waals surface area contributed by atoms with E-state index in [1.54, 1.807) is 6.20 Å². The highest BCUT2D eigenvalue weighted by Crippen LogP contribution is 2.40. The van der Waals surface area contributed by atoms with Gasteiger partial charge in [0, 0.05) is 44.2 Å². The number of halogens is 3. The lowest BCUT2D eigenvalue weighted by molar-refractivity contribution is 0.0222. The van der Waals surface area contributed by atoms with Gasteiger partial charge in [-0.2, -0.15) is 0 Å². The van der Waals surface area contributed by atoms with Crippen molar-refractivity contribution < 1.29 is 18.3 Å². The molecule has 10 heteroatoms. The zero-order valence-corrected chi connectivity index (χ0v) is 23.4. The average Bonchev–Trinajstić information content (AvgIpc) is 3.47. The molecule has 4 fully saturated rings. The minimum atomic E-state index is -0.887. The van der Waals surface area contributed by atoms with E-state index in [9.17, 15) is 9.18 Å². The Hall–Kier alpha value is -2.70. The van der Waals surface area contributed by atoms with Crippen LogP contribution in [0.15, 0.2) is 12.3 Å². The molecule has 4 aliphatic rings. The molecule has 0 saturated carbocycles. The van der Waals surface area contributed by atoms with Crippen LogP contribution in [0.1, 0.15) is 58.6 Å². The number of pyridine rings is 2. The number of ether oxygens (including phenoxy) is 1. The van der Waals surface area contributed by atoms with E-state index >= 15 is 4.39 Å². The van der Waals surface area contributed by atoms with Crippen LogP contribution >= 0.6 is 11.6 Å². The molecule has 2 aromatic heterocycles. The molecular weight excluding hydrogens is 524 g/mol. The number of fused-ring (bicyclic) bond motifs is 4. The molecule has 0 aromatic carbocycles. The van der Waals surface area contributed by atoms with Gasteiger partial charge in [-0.15, -0.1) is 0 Å². The second-order valence-corrected chi connectivity index (χ2v) is 12.8. The summed E-state index contributed by atoms with van der Waals surface area (Å²) in [6.07, 6.45) is 4.34. The molecule has 1 amide bonds. The maximum absolute atomic E-state index is 15.2. The Balaban J connectivity index is 1.36. The summed E-state index contributed by atoms with van der Waals surface area (Å²) in [6, 6.07) is 1.85. The summed E-state index contributed by atoms with van der Waals surface area (Å²) in [5.74, 6) is 6.19. The fourth-order valence-electron chi connectivity index (χ4n) is 6.76. The molecule has 0 radical (unpaired) electrons. The standard InChI is InChI=1S/C29H34ClF2N5O2/c1-28(2,3)39-27(38)37-15-18-6-10-35(17-21(37)11-18)23-12-20(34-25-22(23)14-33-26(30)24(25)32)5-8-29-7-4-9-36(29)16-19(31)13-29/h12,14,18-19,21H,4,6-7,9-11,13,15-17H2,1-3H3/t18?,19-,21?,29-/m1/s1. The van der Waals surface area contributed by atoms with Crippen molar-refractivity contribution in [3.63, 3.8) is 0 Å². The fourth-order valence-corrected chi connectivity index (χ4v) is 6.89. The van der Waals surface area contributed by atoms with Crippen LogP contribution < -0.4 is 4.90 Å². The molecule has 6 rings (SSSR count). The molecule has 2 aromatic rings. The third-order valence-electron chi connectivity index (χ3n) is 8.47. The first kappa shape index (κ1) is 26.5. The zero-order valence-electron chi connectivity index (χ0n) is 22.6. The van der Waals surface area contributed by atoms with E-state index in [-0.39, 0.29) is 22.8 Å². The Morgan fingerprint density at radius 3 is 2.87 bits per heavy atom. The first-order chi connectivity index (χ1) is 18.5. The molecule has 4 atom stereocenters. The summed E-state index contributed by atoms with van der Waals surface area (Å²) in [6.45, 7) is 8.86. The van der Waals surface area contributed by atoms with E-state index in [0.717, 1.165) is 44.5 Å². The maximum Gasteiger partial charge on any atom is 0.410 e. The number of carbonyl (C=O) groups is 1. The first-order valence-electron chi connectivity index (χ1n) is 13.8. The average molecular weight is 558 g/mol. The largest absolute Gasteiger partial charge is 0.444 e. The van der Waals surface area contributed by atoms with Gasteiger partial charge >= 0.3 is 6.09 Å². The Kier molecular flexibility index (Phi) is 6.62.